The van der Waals surface area contributed by atoms with Crippen molar-refractivity contribution >= 4 is 18.3 Å². The van der Waals surface area contributed by atoms with E-state index >= 15 is 0 Å². The van der Waals surface area contributed by atoms with Crippen molar-refractivity contribution in [3.05, 3.63) is 17.0 Å². The molecule has 1 aromatic rings. The second-order valence-corrected chi connectivity index (χ2v) is 7.62. The summed E-state index contributed by atoms with van der Waals surface area (Å²) in [7, 11) is 1.99. The van der Waals surface area contributed by atoms with E-state index in [9.17, 15) is 4.79 Å². The summed E-state index contributed by atoms with van der Waals surface area (Å²) in [5, 5.41) is 7.80. The Hall–Kier alpha value is -1.07. The Morgan fingerprint density at radius 3 is 2.44 bits per heavy atom. The van der Waals surface area contributed by atoms with Crippen molar-refractivity contribution in [1.82, 2.24) is 15.1 Å². The standard InChI is InChI=1S/C19H32N4O.ClH/c1-4-16-15(17(5-2)23(3)22-16)11-21-19(24)14-9-12-7-6-8-13(10-14)18(12)20;/h12-14,18H,4-11,20H2,1-3H3,(H,21,24);1H. The fourth-order valence-electron chi connectivity index (χ4n) is 4.92. The first-order valence-electron chi connectivity index (χ1n) is 9.62. The van der Waals surface area contributed by atoms with E-state index < -0.39 is 0 Å². The van der Waals surface area contributed by atoms with Gasteiger partial charge in [0, 0.05) is 36.8 Å². The molecule has 2 atom stereocenters. The van der Waals surface area contributed by atoms with Crippen molar-refractivity contribution < 1.29 is 4.79 Å². The van der Waals surface area contributed by atoms with Crippen LogP contribution in [0.25, 0.3) is 0 Å². The van der Waals surface area contributed by atoms with Crippen LogP contribution < -0.4 is 11.1 Å². The number of hydrogen-bond donors (Lipinski definition) is 2. The number of halogens is 1. The highest BCUT2D eigenvalue weighted by Gasteiger charge is 2.40. The van der Waals surface area contributed by atoms with Crippen LogP contribution in [0, 0.1) is 17.8 Å². The molecule has 2 saturated carbocycles. The molecule has 2 bridgehead atoms. The molecule has 0 aromatic carbocycles. The monoisotopic (exact) mass is 368 g/mol. The van der Waals surface area contributed by atoms with E-state index in [1.165, 1.54) is 30.5 Å². The topological polar surface area (TPSA) is 72.9 Å². The molecular formula is C19H33ClN4O. The Labute approximate surface area is 157 Å². The fourth-order valence-corrected chi connectivity index (χ4v) is 4.92. The van der Waals surface area contributed by atoms with Crippen LogP contribution in [0.15, 0.2) is 0 Å². The lowest BCUT2D eigenvalue weighted by Crippen LogP contribution is -2.49. The first kappa shape index (κ1) is 20.2. The van der Waals surface area contributed by atoms with Crippen LogP contribution in [0.4, 0.5) is 0 Å². The Kier molecular flexibility index (Phi) is 6.92. The predicted molar refractivity (Wildman–Crippen MR) is 103 cm³/mol. The second-order valence-electron chi connectivity index (χ2n) is 7.62. The number of carbonyl (C=O) groups excluding carboxylic acids is 1. The summed E-state index contributed by atoms with van der Waals surface area (Å²) in [4.78, 5) is 12.7. The number of aromatic nitrogens is 2. The average Bonchev–Trinajstić information content (AvgIpc) is 2.87. The molecule has 1 amide bonds. The average molecular weight is 369 g/mol. The molecule has 1 heterocycles. The molecule has 3 rings (SSSR count). The summed E-state index contributed by atoms with van der Waals surface area (Å²) >= 11 is 0. The van der Waals surface area contributed by atoms with Gasteiger partial charge < -0.3 is 11.1 Å². The lowest BCUT2D eigenvalue weighted by molar-refractivity contribution is -0.128. The van der Waals surface area contributed by atoms with Gasteiger partial charge in [-0.05, 0) is 50.4 Å². The van der Waals surface area contributed by atoms with E-state index in [0.717, 1.165) is 31.4 Å². The predicted octanol–water partition coefficient (Wildman–Crippen LogP) is 2.74. The molecule has 0 saturated heterocycles. The summed E-state index contributed by atoms with van der Waals surface area (Å²) in [6, 6.07) is 0.319. The molecule has 25 heavy (non-hydrogen) atoms. The largest absolute Gasteiger partial charge is 0.352 e. The molecule has 2 aliphatic rings. The van der Waals surface area contributed by atoms with Crippen molar-refractivity contribution in [2.75, 3.05) is 0 Å². The zero-order chi connectivity index (χ0) is 17.3. The lowest BCUT2D eigenvalue weighted by Gasteiger charge is -2.43. The minimum atomic E-state index is 0. The Balaban J connectivity index is 0.00000225. The first-order chi connectivity index (χ1) is 11.5. The van der Waals surface area contributed by atoms with Crippen LogP contribution >= 0.6 is 12.4 Å². The zero-order valence-electron chi connectivity index (χ0n) is 15.8. The van der Waals surface area contributed by atoms with Crippen molar-refractivity contribution in [2.45, 2.75) is 71.4 Å². The summed E-state index contributed by atoms with van der Waals surface area (Å²) in [6.45, 7) is 4.87. The highest BCUT2D eigenvalue weighted by molar-refractivity contribution is 5.85. The number of amides is 1. The summed E-state index contributed by atoms with van der Waals surface area (Å²) in [6.07, 6.45) is 7.47. The van der Waals surface area contributed by atoms with Gasteiger partial charge in [-0.3, -0.25) is 9.48 Å². The number of aryl methyl sites for hydroxylation is 2. The van der Waals surface area contributed by atoms with Crippen LogP contribution in [-0.4, -0.2) is 21.7 Å². The smallest absolute Gasteiger partial charge is 0.223 e. The van der Waals surface area contributed by atoms with E-state index in [-0.39, 0.29) is 24.2 Å². The number of hydrogen-bond acceptors (Lipinski definition) is 3. The number of fused-ring (bicyclic) bond motifs is 2. The van der Waals surface area contributed by atoms with Gasteiger partial charge in [-0.2, -0.15) is 5.10 Å². The SMILES string of the molecule is CCc1nn(C)c(CC)c1CNC(=O)C1CC2CCCC(C1)C2N.Cl. The van der Waals surface area contributed by atoms with Crippen molar-refractivity contribution in [3.63, 3.8) is 0 Å². The van der Waals surface area contributed by atoms with E-state index in [0.29, 0.717) is 24.4 Å². The van der Waals surface area contributed by atoms with Gasteiger partial charge in [0.25, 0.3) is 0 Å². The van der Waals surface area contributed by atoms with Crippen LogP contribution in [0.5, 0.6) is 0 Å². The molecule has 5 nitrogen and oxygen atoms in total. The molecule has 3 N–H and O–H groups in total. The summed E-state index contributed by atoms with van der Waals surface area (Å²) < 4.78 is 1.96. The van der Waals surface area contributed by atoms with Gasteiger partial charge in [-0.15, -0.1) is 12.4 Å². The van der Waals surface area contributed by atoms with Gasteiger partial charge in [-0.25, -0.2) is 0 Å². The van der Waals surface area contributed by atoms with Gasteiger partial charge in [0.15, 0.2) is 0 Å². The molecule has 6 heteroatoms. The number of nitrogens with two attached hydrogens (primary N) is 1. The third kappa shape index (κ3) is 4.03. The van der Waals surface area contributed by atoms with Gasteiger partial charge in [0.2, 0.25) is 5.91 Å². The zero-order valence-corrected chi connectivity index (χ0v) is 16.6. The van der Waals surface area contributed by atoms with Crippen LogP contribution in [0.3, 0.4) is 0 Å². The molecule has 0 radical (unpaired) electrons. The van der Waals surface area contributed by atoms with Crippen molar-refractivity contribution in [2.24, 2.45) is 30.5 Å². The van der Waals surface area contributed by atoms with E-state index in [2.05, 4.69) is 24.3 Å². The van der Waals surface area contributed by atoms with E-state index in [4.69, 9.17) is 5.73 Å². The van der Waals surface area contributed by atoms with E-state index in [1.807, 2.05) is 11.7 Å². The molecule has 2 aliphatic carbocycles. The maximum absolute atomic E-state index is 12.7. The van der Waals surface area contributed by atoms with Crippen molar-refractivity contribution in [3.8, 4) is 0 Å². The number of nitrogens with one attached hydrogen (secondary N) is 1. The molecule has 2 fully saturated rings. The van der Waals surface area contributed by atoms with Gasteiger partial charge >= 0.3 is 0 Å². The second kappa shape index (κ2) is 8.54. The number of nitrogens with zero attached hydrogens (tertiary/aromatic N) is 2. The minimum Gasteiger partial charge on any atom is -0.352 e. The molecule has 0 aliphatic heterocycles. The first-order valence-corrected chi connectivity index (χ1v) is 9.62. The van der Waals surface area contributed by atoms with Crippen LogP contribution in [0.2, 0.25) is 0 Å². The van der Waals surface area contributed by atoms with Crippen LogP contribution in [0.1, 0.15) is 62.9 Å². The van der Waals surface area contributed by atoms with Crippen molar-refractivity contribution in [1.29, 1.82) is 0 Å². The number of carbonyl (C=O) groups is 1. The van der Waals surface area contributed by atoms with Crippen LogP contribution in [-0.2, 0) is 31.2 Å². The third-order valence-electron chi connectivity index (χ3n) is 6.25. The van der Waals surface area contributed by atoms with Gasteiger partial charge in [0.05, 0.1) is 5.69 Å². The van der Waals surface area contributed by atoms with Gasteiger partial charge in [-0.1, -0.05) is 20.3 Å². The molecule has 0 spiro atoms. The Bertz CT molecular complexity index is 586. The lowest BCUT2D eigenvalue weighted by atomic mass is 9.65. The normalized spacial score (nSPS) is 28.3. The van der Waals surface area contributed by atoms with Gasteiger partial charge in [0.1, 0.15) is 0 Å². The summed E-state index contributed by atoms with van der Waals surface area (Å²) in [5.41, 5.74) is 9.90. The maximum atomic E-state index is 12.7. The Morgan fingerprint density at radius 1 is 1.24 bits per heavy atom. The fraction of sp³-hybridized carbons (Fsp3) is 0.789. The Morgan fingerprint density at radius 2 is 1.88 bits per heavy atom. The molecule has 142 valence electrons. The molecule has 1 aromatic heterocycles. The maximum Gasteiger partial charge on any atom is 0.223 e. The number of rotatable bonds is 5. The quantitative estimate of drug-likeness (QED) is 0.839. The highest BCUT2D eigenvalue weighted by atomic mass is 35.5. The third-order valence-corrected chi connectivity index (χ3v) is 6.25. The molecule has 2 unspecified atom stereocenters. The molecular weight excluding hydrogens is 336 g/mol. The van der Waals surface area contributed by atoms with E-state index in [1.54, 1.807) is 0 Å². The highest BCUT2D eigenvalue weighted by Crippen LogP contribution is 2.41. The minimum absolute atomic E-state index is 0. The summed E-state index contributed by atoms with van der Waals surface area (Å²) in [5.74, 6) is 1.45.